The molecular formula is C17H24N2O2. The molecule has 2 fully saturated rings. The summed E-state index contributed by atoms with van der Waals surface area (Å²) in [6, 6.07) is 10.1. The van der Waals surface area contributed by atoms with Crippen molar-refractivity contribution in [3.05, 3.63) is 35.9 Å². The highest BCUT2D eigenvalue weighted by Gasteiger charge is 2.50. The highest BCUT2D eigenvalue weighted by Crippen LogP contribution is 2.38. The number of β-amino-alcohol motifs (C(OH)–C–C–N with tert-alkyl or cyclic N) is 1. The molecule has 0 aromatic heterocycles. The number of rotatable bonds is 3. The van der Waals surface area contributed by atoms with Gasteiger partial charge in [0.1, 0.15) is 0 Å². The summed E-state index contributed by atoms with van der Waals surface area (Å²) in [4.78, 5) is 14.9. The Hall–Kier alpha value is -1.39. The third-order valence-corrected chi connectivity index (χ3v) is 5.11. The molecule has 3 rings (SSSR count). The fraction of sp³-hybridized carbons (Fsp3) is 0.588. The van der Waals surface area contributed by atoms with Crippen LogP contribution in [0.15, 0.2) is 30.3 Å². The highest BCUT2D eigenvalue weighted by molar-refractivity contribution is 5.89. The molecule has 4 heteroatoms. The van der Waals surface area contributed by atoms with Gasteiger partial charge in [0.2, 0.25) is 5.91 Å². The number of likely N-dealkylation sites (tertiary alicyclic amines) is 1. The Bertz CT molecular complexity index is 503. The lowest BCUT2D eigenvalue weighted by molar-refractivity contribution is -0.163. The lowest BCUT2D eigenvalue weighted by Crippen LogP contribution is -2.67. The molecule has 2 N–H and O–H groups in total. The zero-order valence-electron chi connectivity index (χ0n) is 12.6. The van der Waals surface area contributed by atoms with E-state index < -0.39 is 11.0 Å². The highest BCUT2D eigenvalue weighted by atomic mass is 16.3. The predicted molar refractivity (Wildman–Crippen MR) is 82.0 cm³/mol. The maximum Gasteiger partial charge on any atom is 0.233 e. The fourth-order valence-corrected chi connectivity index (χ4v) is 3.57. The maximum atomic E-state index is 13.1. The van der Waals surface area contributed by atoms with Crippen molar-refractivity contribution in [2.75, 3.05) is 26.2 Å². The van der Waals surface area contributed by atoms with E-state index in [1.807, 2.05) is 30.0 Å². The maximum absolute atomic E-state index is 13.1. The predicted octanol–water partition coefficient (Wildman–Crippen LogP) is 1.29. The molecule has 21 heavy (non-hydrogen) atoms. The van der Waals surface area contributed by atoms with E-state index >= 15 is 0 Å². The first kappa shape index (κ1) is 14.5. The number of amides is 1. The van der Waals surface area contributed by atoms with Gasteiger partial charge in [-0.25, -0.2) is 0 Å². The van der Waals surface area contributed by atoms with Crippen LogP contribution in [0, 0.1) is 0 Å². The first-order chi connectivity index (χ1) is 10.1. The topological polar surface area (TPSA) is 52.6 Å². The van der Waals surface area contributed by atoms with Crippen molar-refractivity contribution in [1.29, 1.82) is 0 Å². The first-order valence-electron chi connectivity index (χ1n) is 7.88. The number of benzene rings is 1. The van der Waals surface area contributed by atoms with Crippen LogP contribution >= 0.6 is 0 Å². The molecule has 1 aromatic carbocycles. The number of aliphatic hydroxyl groups is 1. The lowest BCUT2D eigenvalue weighted by atomic mass is 9.71. The number of hydrogen-bond donors (Lipinski definition) is 2. The van der Waals surface area contributed by atoms with Gasteiger partial charge in [-0.3, -0.25) is 4.79 Å². The molecule has 0 saturated carbocycles. The van der Waals surface area contributed by atoms with Crippen LogP contribution in [0.2, 0.25) is 0 Å². The van der Waals surface area contributed by atoms with Gasteiger partial charge >= 0.3 is 0 Å². The molecule has 0 spiro atoms. The summed E-state index contributed by atoms with van der Waals surface area (Å²) < 4.78 is 0. The first-order valence-corrected chi connectivity index (χ1v) is 7.88. The van der Waals surface area contributed by atoms with Gasteiger partial charge in [-0.2, -0.15) is 0 Å². The Labute approximate surface area is 126 Å². The van der Waals surface area contributed by atoms with E-state index in [4.69, 9.17) is 0 Å². The van der Waals surface area contributed by atoms with Crippen molar-refractivity contribution in [3.8, 4) is 0 Å². The van der Waals surface area contributed by atoms with Crippen molar-refractivity contribution in [2.45, 2.75) is 37.2 Å². The van der Waals surface area contributed by atoms with Gasteiger partial charge in [-0.05, 0) is 37.9 Å². The summed E-state index contributed by atoms with van der Waals surface area (Å²) >= 11 is 0. The largest absolute Gasteiger partial charge is 0.386 e. The molecule has 0 bridgehead atoms. The van der Waals surface area contributed by atoms with Gasteiger partial charge in [-0.1, -0.05) is 37.3 Å². The minimum Gasteiger partial charge on any atom is -0.386 e. The van der Waals surface area contributed by atoms with E-state index in [9.17, 15) is 9.90 Å². The van der Waals surface area contributed by atoms with Crippen LogP contribution in [0.4, 0.5) is 0 Å². The number of nitrogens with zero attached hydrogens (tertiary/aromatic N) is 1. The lowest BCUT2D eigenvalue weighted by Gasteiger charge is -2.50. The van der Waals surface area contributed by atoms with Crippen molar-refractivity contribution in [1.82, 2.24) is 10.2 Å². The van der Waals surface area contributed by atoms with Gasteiger partial charge in [0.15, 0.2) is 0 Å². The van der Waals surface area contributed by atoms with E-state index in [1.54, 1.807) is 0 Å². The molecule has 0 aliphatic carbocycles. The second kappa shape index (κ2) is 5.43. The summed E-state index contributed by atoms with van der Waals surface area (Å²) in [6.07, 6.45) is 2.37. The van der Waals surface area contributed by atoms with Crippen LogP contribution in [0.25, 0.3) is 0 Å². The Balaban J connectivity index is 1.85. The number of hydrogen-bond acceptors (Lipinski definition) is 3. The summed E-state index contributed by atoms with van der Waals surface area (Å²) in [5.74, 6) is 0.188. The Morgan fingerprint density at radius 2 is 1.86 bits per heavy atom. The van der Waals surface area contributed by atoms with Gasteiger partial charge in [-0.15, -0.1) is 0 Å². The average molecular weight is 288 g/mol. The Kier molecular flexibility index (Phi) is 3.76. The van der Waals surface area contributed by atoms with Crippen molar-refractivity contribution in [3.63, 3.8) is 0 Å². The van der Waals surface area contributed by atoms with E-state index in [2.05, 4.69) is 17.4 Å². The third kappa shape index (κ3) is 2.47. The number of carbonyl (C=O) groups is 1. The molecule has 2 aliphatic rings. The number of nitrogens with one attached hydrogen (secondary N) is 1. The van der Waals surface area contributed by atoms with E-state index in [1.165, 1.54) is 0 Å². The summed E-state index contributed by atoms with van der Waals surface area (Å²) in [5, 5.41) is 13.5. The molecular weight excluding hydrogens is 264 g/mol. The van der Waals surface area contributed by atoms with Crippen molar-refractivity contribution < 1.29 is 9.90 Å². The minimum absolute atomic E-state index is 0.188. The normalized spacial score (nSPS) is 23.4. The molecule has 0 radical (unpaired) electrons. The number of carbonyl (C=O) groups excluding carboxylic acids is 1. The second-order valence-electron chi connectivity index (χ2n) is 6.44. The average Bonchev–Trinajstić information content (AvgIpc) is 2.52. The van der Waals surface area contributed by atoms with Crippen LogP contribution in [-0.4, -0.2) is 47.7 Å². The van der Waals surface area contributed by atoms with Gasteiger partial charge < -0.3 is 15.3 Å². The monoisotopic (exact) mass is 288 g/mol. The molecule has 2 aliphatic heterocycles. The minimum atomic E-state index is -0.666. The quantitative estimate of drug-likeness (QED) is 0.881. The van der Waals surface area contributed by atoms with Crippen LogP contribution in [-0.2, 0) is 10.2 Å². The molecule has 0 unspecified atom stereocenters. The van der Waals surface area contributed by atoms with Crippen molar-refractivity contribution in [2.24, 2.45) is 0 Å². The van der Waals surface area contributed by atoms with Crippen LogP contribution in [0.3, 0.4) is 0 Å². The number of piperidine rings is 1. The smallest absolute Gasteiger partial charge is 0.233 e. The second-order valence-corrected chi connectivity index (χ2v) is 6.44. The third-order valence-electron chi connectivity index (χ3n) is 5.11. The van der Waals surface area contributed by atoms with Gasteiger partial charge in [0.05, 0.1) is 24.1 Å². The Morgan fingerprint density at radius 1 is 1.24 bits per heavy atom. The molecule has 1 aromatic rings. The van der Waals surface area contributed by atoms with Crippen LogP contribution in [0.1, 0.15) is 31.7 Å². The van der Waals surface area contributed by atoms with E-state index in [0.29, 0.717) is 19.5 Å². The zero-order valence-corrected chi connectivity index (χ0v) is 12.6. The summed E-state index contributed by atoms with van der Waals surface area (Å²) in [6.45, 7) is 4.66. The van der Waals surface area contributed by atoms with Gasteiger partial charge in [0, 0.05) is 0 Å². The molecule has 4 nitrogen and oxygen atoms in total. The molecule has 1 amide bonds. The summed E-state index contributed by atoms with van der Waals surface area (Å²) in [7, 11) is 0. The molecule has 2 saturated heterocycles. The molecule has 114 valence electrons. The summed E-state index contributed by atoms with van der Waals surface area (Å²) in [5.41, 5.74) is 0.0330. The van der Waals surface area contributed by atoms with Crippen LogP contribution in [0.5, 0.6) is 0 Å². The fourth-order valence-electron chi connectivity index (χ4n) is 3.57. The molecule has 2 heterocycles. The Morgan fingerprint density at radius 3 is 2.43 bits per heavy atom. The standard InChI is InChI=1S/C17H24N2O2/c1-2-16(21)12-19(13-16)15(20)17(8-10-18-11-9-17)14-6-4-3-5-7-14/h3-7,18,21H,2,8-13H2,1H3. The van der Waals surface area contributed by atoms with Gasteiger partial charge in [0.25, 0.3) is 0 Å². The SMILES string of the molecule is CCC1(O)CN(C(=O)C2(c3ccccc3)CCNCC2)C1. The molecule has 0 atom stereocenters. The van der Waals surface area contributed by atoms with E-state index in [-0.39, 0.29) is 5.91 Å². The van der Waals surface area contributed by atoms with Crippen LogP contribution < -0.4 is 5.32 Å². The zero-order chi connectivity index (χ0) is 14.9. The van der Waals surface area contributed by atoms with Crippen molar-refractivity contribution >= 4 is 5.91 Å². The van der Waals surface area contributed by atoms with E-state index in [0.717, 1.165) is 31.5 Å².